The van der Waals surface area contributed by atoms with Gasteiger partial charge in [-0.15, -0.1) is 0 Å². The highest BCUT2D eigenvalue weighted by Gasteiger charge is 2.38. The Morgan fingerprint density at radius 1 is 1.25 bits per heavy atom. The molecule has 0 unspecified atom stereocenters. The van der Waals surface area contributed by atoms with E-state index in [2.05, 4.69) is 4.90 Å². The van der Waals surface area contributed by atoms with Crippen LogP contribution in [0.1, 0.15) is 22.0 Å². The number of hydrogen-bond acceptors (Lipinski definition) is 3. The van der Waals surface area contributed by atoms with Gasteiger partial charge in [0.05, 0.1) is 6.26 Å². The Morgan fingerprint density at radius 2 is 2.00 bits per heavy atom. The number of carbonyl (C=O) groups excluding carboxylic acids is 1. The van der Waals surface area contributed by atoms with Crippen molar-refractivity contribution >= 4 is 17.4 Å². The molecule has 0 aliphatic carbocycles. The molecular weight excluding hydrogens is 274 g/mol. The summed E-state index contributed by atoms with van der Waals surface area (Å²) in [5, 5.41) is 0.646. The van der Waals surface area contributed by atoms with Crippen molar-refractivity contribution in [2.45, 2.75) is 5.92 Å². The van der Waals surface area contributed by atoms with Crippen LogP contribution in [-0.4, -0.2) is 30.8 Å². The van der Waals surface area contributed by atoms with Crippen LogP contribution in [0.3, 0.4) is 0 Å². The van der Waals surface area contributed by atoms with Crippen LogP contribution in [-0.2, 0) is 0 Å². The zero-order valence-electron chi connectivity index (χ0n) is 11.3. The number of ketones is 1. The van der Waals surface area contributed by atoms with Crippen molar-refractivity contribution in [1.82, 2.24) is 4.90 Å². The van der Waals surface area contributed by atoms with Crippen LogP contribution in [0.2, 0.25) is 5.02 Å². The molecule has 2 aromatic rings. The molecule has 2 heterocycles. The molecule has 1 aromatic carbocycles. The summed E-state index contributed by atoms with van der Waals surface area (Å²) in [7, 11) is 2.03. The Balaban J connectivity index is 1.87. The fraction of sp³-hybridized carbons (Fsp3) is 0.312. The molecule has 1 aromatic heterocycles. The number of halogens is 1. The molecule has 0 radical (unpaired) electrons. The normalized spacial score (nSPS) is 23.1. The topological polar surface area (TPSA) is 33.5 Å². The van der Waals surface area contributed by atoms with E-state index in [-0.39, 0.29) is 17.6 Å². The van der Waals surface area contributed by atoms with Crippen LogP contribution in [0.15, 0.2) is 47.1 Å². The molecule has 20 heavy (non-hydrogen) atoms. The number of nitrogens with zero attached hydrogens (tertiary/aromatic N) is 1. The summed E-state index contributed by atoms with van der Waals surface area (Å²) in [6, 6.07) is 10.9. The van der Waals surface area contributed by atoms with Gasteiger partial charge in [-0.25, -0.2) is 0 Å². The zero-order chi connectivity index (χ0) is 14.1. The monoisotopic (exact) mass is 289 g/mol. The number of furan rings is 1. The van der Waals surface area contributed by atoms with E-state index in [1.165, 1.54) is 0 Å². The maximum absolute atomic E-state index is 12.7. The summed E-state index contributed by atoms with van der Waals surface area (Å²) < 4.78 is 5.50. The van der Waals surface area contributed by atoms with E-state index < -0.39 is 0 Å². The lowest BCUT2D eigenvalue weighted by Crippen LogP contribution is -2.22. The number of benzene rings is 1. The summed E-state index contributed by atoms with van der Waals surface area (Å²) in [6.45, 7) is 1.60. The lowest BCUT2D eigenvalue weighted by Gasteiger charge is -2.15. The Labute approximate surface area is 123 Å². The number of hydrogen-bond donors (Lipinski definition) is 0. The lowest BCUT2D eigenvalue weighted by atomic mass is 9.87. The third-order valence-electron chi connectivity index (χ3n) is 3.88. The molecule has 1 aliphatic heterocycles. The van der Waals surface area contributed by atoms with Crippen molar-refractivity contribution in [1.29, 1.82) is 0 Å². The number of likely N-dealkylation sites (N-methyl/N-ethyl adjacent to an activating group) is 1. The molecule has 104 valence electrons. The minimum absolute atomic E-state index is 0.0627. The number of carbonyl (C=O) groups is 1. The van der Waals surface area contributed by atoms with Gasteiger partial charge in [0.15, 0.2) is 5.78 Å². The van der Waals surface area contributed by atoms with Gasteiger partial charge in [-0.05, 0) is 43.4 Å². The molecule has 0 bridgehead atoms. The molecule has 0 N–H and O–H groups in total. The fourth-order valence-corrected chi connectivity index (χ4v) is 3.01. The van der Waals surface area contributed by atoms with E-state index in [9.17, 15) is 4.79 Å². The van der Waals surface area contributed by atoms with Crippen LogP contribution < -0.4 is 0 Å². The van der Waals surface area contributed by atoms with Crippen molar-refractivity contribution in [3.63, 3.8) is 0 Å². The summed E-state index contributed by atoms with van der Waals surface area (Å²) in [5.74, 6) is 1.11. The van der Waals surface area contributed by atoms with Gasteiger partial charge in [0.1, 0.15) is 5.76 Å². The molecule has 0 saturated carbocycles. The van der Waals surface area contributed by atoms with E-state index in [1.54, 1.807) is 30.5 Å². The highest BCUT2D eigenvalue weighted by Crippen LogP contribution is 2.34. The second-order valence-electron chi connectivity index (χ2n) is 5.32. The number of rotatable bonds is 3. The molecule has 4 heteroatoms. The van der Waals surface area contributed by atoms with Crippen molar-refractivity contribution in [3.05, 3.63) is 59.0 Å². The molecule has 1 aliphatic rings. The standard InChI is InChI=1S/C16H16ClNO2/c1-18-9-13(15-3-2-8-20-15)14(10-18)16(19)11-4-6-12(17)7-5-11/h2-8,13-14H,9-10H2,1H3/t13-,14-/m0/s1. The van der Waals surface area contributed by atoms with E-state index in [0.717, 1.165) is 18.8 Å². The average molecular weight is 290 g/mol. The first-order valence-electron chi connectivity index (χ1n) is 6.67. The first-order valence-corrected chi connectivity index (χ1v) is 7.04. The van der Waals surface area contributed by atoms with Crippen LogP contribution in [0.5, 0.6) is 0 Å². The summed E-state index contributed by atoms with van der Waals surface area (Å²) in [6.07, 6.45) is 1.66. The summed E-state index contributed by atoms with van der Waals surface area (Å²) in [4.78, 5) is 14.9. The molecule has 0 amide bonds. The van der Waals surface area contributed by atoms with E-state index in [1.807, 2.05) is 19.2 Å². The molecule has 2 atom stereocenters. The summed E-state index contributed by atoms with van der Waals surface area (Å²) in [5.41, 5.74) is 0.714. The maximum atomic E-state index is 12.7. The Hall–Kier alpha value is -1.58. The fourth-order valence-electron chi connectivity index (χ4n) is 2.88. The largest absolute Gasteiger partial charge is 0.469 e. The Kier molecular flexibility index (Phi) is 3.64. The predicted octanol–water partition coefficient (Wildman–Crippen LogP) is 3.46. The molecular formula is C16H16ClNO2. The van der Waals surface area contributed by atoms with E-state index >= 15 is 0 Å². The predicted molar refractivity (Wildman–Crippen MR) is 78.2 cm³/mol. The van der Waals surface area contributed by atoms with Gasteiger partial charge < -0.3 is 9.32 Å². The first-order chi connectivity index (χ1) is 9.65. The summed E-state index contributed by atoms with van der Waals surface area (Å²) >= 11 is 5.87. The van der Waals surface area contributed by atoms with E-state index in [4.69, 9.17) is 16.0 Å². The molecule has 3 nitrogen and oxygen atoms in total. The van der Waals surface area contributed by atoms with Gasteiger partial charge in [-0.1, -0.05) is 11.6 Å². The first kappa shape index (κ1) is 13.4. The lowest BCUT2D eigenvalue weighted by molar-refractivity contribution is 0.0911. The van der Waals surface area contributed by atoms with Gasteiger partial charge in [0.2, 0.25) is 0 Å². The van der Waals surface area contributed by atoms with Crippen LogP contribution in [0, 0.1) is 5.92 Å². The van der Waals surface area contributed by atoms with Crippen molar-refractivity contribution < 1.29 is 9.21 Å². The second-order valence-corrected chi connectivity index (χ2v) is 5.76. The van der Waals surface area contributed by atoms with Crippen molar-refractivity contribution in [2.75, 3.05) is 20.1 Å². The quantitative estimate of drug-likeness (QED) is 0.811. The highest BCUT2D eigenvalue weighted by molar-refractivity contribution is 6.30. The Bertz CT molecular complexity index is 591. The molecule has 1 fully saturated rings. The van der Waals surface area contributed by atoms with Crippen LogP contribution in [0.4, 0.5) is 0 Å². The van der Waals surface area contributed by atoms with Gasteiger partial charge in [0, 0.05) is 35.5 Å². The smallest absolute Gasteiger partial charge is 0.168 e. The second kappa shape index (κ2) is 5.43. The van der Waals surface area contributed by atoms with Gasteiger partial charge in [-0.2, -0.15) is 0 Å². The van der Waals surface area contributed by atoms with Crippen molar-refractivity contribution in [2.24, 2.45) is 5.92 Å². The number of likely N-dealkylation sites (tertiary alicyclic amines) is 1. The van der Waals surface area contributed by atoms with Gasteiger partial charge in [-0.3, -0.25) is 4.79 Å². The minimum Gasteiger partial charge on any atom is -0.469 e. The molecule has 3 rings (SSSR count). The molecule has 1 saturated heterocycles. The zero-order valence-corrected chi connectivity index (χ0v) is 12.0. The number of Topliss-reactive ketones (excluding diaryl/α,β-unsaturated/α-hetero) is 1. The van der Waals surface area contributed by atoms with Crippen molar-refractivity contribution in [3.8, 4) is 0 Å². The van der Waals surface area contributed by atoms with Gasteiger partial charge >= 0.3 is 0 Å². The SMILES string of the molecule is CN1C[C@H](C(=O)c2ccc(Cl)cc2)[C@@H](c2ccco2)C1. The highest BCUT2D eigenvalue weighted by atomic mass is 35.5. The average Bonchev–Trinajstić information content (AvgIpc) is 3.07. The maximum Gasteiger partial charge on any atom is 0.168 e. The van der Waals surface area contributed by atoms with Crippen LogP contribution in [0.25, 0.3) is 0 Å². The van der Waals surface area contributed by atoms with Gasteiger partial charge in [0.25, 0.3) is 0 Å². The molecule has 0 spiro atoms. The minimum atomic E-state index is -0.0627. The third-order valence-corrected chi connectivity index (χ3v) is 4.13. The van der Waals surface area contributed by atoms with E-state index in [0.29, 0.717) is 10.6 Å². The van der Waals surface area contributed by atoms with Crippen LogP contribution >= 0.6 is 11.6 Å². The third kappa shape index (κ3) is 2.51. The Morgan fingerprint density at radius 3 is 2.65 bits per heavy atom.